The molecule has 1 aromatic carbocycles. The second-order valence-electron chi connectivity index (χ2n) is 4.14. The van der Waals surface area contributed by atoms with Crippen LogP contribution in [0.3, 0.4) is 0 Å². The van der Waals surface area contributed by atoms with E-state index >= 15 is 0 Å². The van der Waals surface area contributed by atoms with Crippen molar-refractivity contribution in [3.05, 3.63) is 58.3 Å². The lowest BCUT2D eigenvalue weighted by atomic mass is 10.2. The zero-order valence-electron chi connectivity index (χ0n) is 10.1. The van der Waals surface area contributed by atoms with Crippen molar-refractivity contribution in [2.75, 3.05) is 11.9 Å². The molecule has 4 heteroatoms. The quantitative estimate of drug-likeness (QED) is 0.743. The molecule has 2 aromatic rings. The van der Waals surface area contributed by atoms with Gasteiger partial charge in [-0.3, -0.25) is 4.98 Å². The number of alkyl halides is 1. The fraction of sp³-hybridized carbons (Fsp3) is 0.214. The largest absolute Gasteiger partial charge is 0.369 e. The summed E-state index contributed by atoms with van der Waals surface area (Å²) in [6, 6.07) is 10.5. The van der Waals surface area contributed by atoms with E-state index in [4.69, 9.17) is 0 Å². The molecule has 18 heavy (non-hydrogen) atoms. The Kier molecular flexibility index (Phi) is 4.78. The van der Waals surface area contributed by atoms with Crippen LogP contribution in [0.4, 0.5) is 5.69 Å². The van der Waals surface area contributed by atoms with Gasteiger partial charge in [0.25, 0.3) is 0 Å². The third kappa shape index (κ3) is 3.33. The van der Waals surface area contributed by atoms with Gasteiger partial charge in [-0.05, 0) is 45.3 Å². The molecule has 94 valence electrons. The Balaban J connectivity index is 2.16. The maximum atomic E-state index is 4.14. The number of halogens is 2. The molecule has 0 unspecified atom stereocenters. The molecule has 0 bridgehead atoms. The number of hydrogen-bond acceptors (Lipinski definition) is 2. The fourth-order valence-electron chi connectivity index (χ4n) is 1.79. The summed E-state index contributed by atoms with van der Waals surface area (Å²) in [6.45, 7) is 0.847. The molecule has 0 aliphatic heterocycles. The van der Waals surface area contributed by atoms with E-state index in [2.05, 4.69) is 73.1 Å². The highest BCUT2D eigenvalue weighted by Crippen LogP contribution is 2.28. The van der Waals surface area contributed by atoms with Crippen LogP contribution in [0.5, 0.6) is 0 Å². The van der Waals surface area contributed by atoms with E-state index in [9.17, 15) is 0 Å². The van der Waals surface area contributed by atoms with Crippen LogP contribution in [0.25, 0.3) is 0 Å². The minimum Gasteiger partial charge on any atom is -0.369 e. The Morgan fingerprint density at radius 2 is 2.06 bits per heavy atom. The molecule has 0 saturated heterocycles. The van der Waals surface area contributed by atoms with Gasteiger partial charge in [0.15, 0.2) is 0 Å². The number of pyridine rings is 1. The van der Waals surface area contributed by atoms with Gasteiger partial charge in [-0.25, -0.2) is 0 Å². The standard InChI is InChI=1S/C14H14Br2N2/c1-18(10-12-3-2-6-17-9-12)14-5-4-11(8-15)7-13(14)16/h2-7,9H,8,10H2,1H3. The topological polar surface area (TPSA) is 16.1 Å². The van der Waals surface area contributed by atoms with E-state index < -0.39 is 0 Å². The van der Waals surface area contributed by atoms with Crippen molar-refractivity contribution < 1.29 is 0 Å². The highest BCUT2D eigenvalue weighted by atomic mass is 79.9. The van der Waals surface area contributed by atoms with Crippen molar-refractivity contribution >= 4 is 37.5 Å². The summed E-state index contributed by atoms with van der Waals surface area (Å²) in [5.74, 6) is 0. The van der Waals surface area contributed by atoms with Gasteiger partial charge in [0.2, 0.25) is 0 Å². The molecule has 0 spiro atoms. The molecule has 1 aromatic heterocycles. The molecule has 0 aliphatic carbocycles. The predicted octanol–water partition coefficient (Wildman–Crippen LogP) is 4.38. The number of hydrogen-bond donors (Lipinski definition) is 0. The van der Waals surface area contributed by atoms with E-state index in [0.29, 0.717) is 0 Å². The summed E-state index contributed by atoms with van der Waals surface area (Å²) < 4.78 is 1.12. The second kappa shape index (κ2) is 6.34. The Labute approximate surface area is 124 Å². The smallest absolute Gasteiger partial charge is 0.0511 e. The summed E-state index contributed by atoms with van der Waals surface area (Å²) in [4.78, 5) is 6.34. The Morgan fingerprint density at radius 3 is 2.67 bits per heavy atom. The molecule has 0 saturated carbocycles. The molecular weight excluding hydrogens is 356 g/mol. The van der Waals surface area contributed by atoms with Crippen LogP contribution in [0.15, 0.2) is 47.2 Å². The highest BCUT2D eigenvalue weighted by molar-refractivity contribution is 9.10. The van der Waals surface area contributed by atoms with Crippen LogP contribution in [-0.4, -0.2) is 12.0 Å². The summed E-state index contributed by atoms with van der Waals surface area (Å²) in [6.07, 6.45) is 3.70. The summed E-state index contributed by atoms with van der Waals surface area (Å²) in [7, 11) is 2.08. The average molecular weight is 370 g/mol. The maximum absolute atomic E-state index is 4.14. The predicted molar refractivity (Wildman–Crippen MR) is 83.1 cm³/mol. The molecule has 1 heterocycles. The molecule has 0 N–H and O–H groups in total. The zero-order valence-corrected chi connectivity index (χ0v) is 13.3. The van der Waals surface area contributed by atoms with Crippen molar-refractivity contribution in [2.24, 2.45) is 0 Å². The maximum Gasteiger partial charge on any atom is 0.0511 e. The van der Waals surface area contributed by atoms with Crippen LogP contribution >= 0.6 is 31.9 Å². The van der Waals surface area contributed by atoms with Gasteiger partial charge >= 0.3 is 0 Å². The van der Waals surface area contributed by atoms with Gasteiger partial charge in [0.05, 0.1) is 5.69 Å². The average Bonchev–Trinajstić information content (AvgIpc) is 2.39. The van der Waals surface area contributed by atoms with E-state index in [1.165, 1.54) is 16.8 Å². The molecule has 2 rings (SSSR count). The first-order chi connectivity index (χ1) is 8.70. The van der Waals surface area contributed by atoms with Crippen molar-refractivity contribution in [3.63, 3.8) is 0 Å². The van der Waals surface area contributed by atoms with Crippen molar-refractivity contribution in [1.29, 1.82) is 0 Å². The minimum absolute atomic E-state index is 0.847. The number of nitrogens with zero attached hydrogens (tertiary/aromatic N) is 2. The van der Waals surface area contributed by atoms with Crippen LogP contribution in [0.2, 0.25) is 0 Å². The molecule has 0 fully saturated rings. The van der Waals surface area contributed by atoms with Gasteiger partial charge in [-0.1, -0.05) is 28.1 Å². The SMILES string of the molecule is CN(Cc1cccnc1)c1ccc(CBr)cc1Br. The first kappa shape index (κ1) is 13.6. The van der Waals surface area contributed by atoms with Gasteiger partial charge in [0, 0.05) is 35.8 Å². The van der Waals surface area contributed by atoms with Crippen LogP contribution in [0.1, 0.15) is 11.1 Å². The molecule has 0 aliphatic rings. The molecule has 0 radical (unpaired) electrons. The van der Waals surface area contributed by atoms with E-state index in [0.717, 1.165) is 16.3 Å². The summed E-state index contributed by atoms with van der Waals surface area (Å²) in [5, 5.41) is 0.873. The summed E-state index contributed by atoms with van der Waals surface area (Å²) in [5.41, 5.74) is 3.65. The fourth-order valence-corrected chi connectivity index (χ4v) is 2.87. The van der Waals surface area contributed by atoms with Gasteiger partial charge in [-0.2, -0.15) is 0 Å². The van der Waals surface area contributed by atoms with Crippen molar-refractivity contribution in [2.45, 2.75) is 11.9 Å². The van der Waals surface area contributed by atoms with Gasteiger partial charge < -0.3 is 4.90 Å². The van der Waals surface area contributed by atoms with Crippen LogP contribution in [0, 0.1) is 0 Å². The first-order valence-corrected chi connectivity index (χ1v) is 7.56. The van der Waals surface area contributed by atoms with Gasteiger partial charge in [-0.15, -0.1) is 0 Å². The number of aromatic nitrogens is 1. The van der Waals surface area contributed by atoms with E-state index in [1.54, 1.807) is 6.20 Å². The molecule has 0 atom stereocenters. The lowest BCUT2D eigenvalue weighted by Gasteiger charge is -2.21. The number of rotatable bonds is 4. The third-order valence-corrected chi connectivity index (χ3v) is 4.00. The van der Waals surface area contributed by atoms with Gasteiger partial charge in [0.1, 0.15) is 0 Å². The zero-order chi connectivity index (χ0) is 13.0. The Hall–Kier alpha value is -0.870. The minimum atomic E-state index is 0.847. The molecule has 0 amide bonds. The molecule has 2 nitrogen and oxygen atoms in total. The monoisotopic (exact) mass is 368 g/mol. The van der Waals surface area contributed by atoms with Crippen LogP contribution in [-0.2, 0) is 11.9 Å². The lowest BCUT2D eigenvalue weighted by Crippen LogP contribution is -2.16. The van der Waals surface area contributed by atoms with Crippen molar-refractivity contribution in [3.8, 4) is 0 Å². The summed E-state index contributed by atoms with van der Waals surface area (Å²) >= 11 is 7.09. The highest BCUT2D eigenvalue weighted by Gasteiger charge is 2.07. The Morgan fingerprint density at radius 1 is 1.22 bits per heavy atom. The lowest BCUT2D eigenvalue weighted by molar-refractivity contribution is 0.912. The van der Waals surface area contributed by atoms with Crippen molar-refractivity contribution in [1.82, 2.24) is 4.98 Å². The normalized spacial score (nSPS) is 10.4. The first-order valence-electron chi connectivity index (χ1n) is 5.65. The molecular formula is C14H14Br2N2. The van der Waals surface area contributed by atoms with E-state index in [1.807, 2.05) is 12.3 Å². The third-order valence-electron chi connectivity index (χ3n) is 2.72. The second-order valence-corrected chi connectivity index (χ2v) is 5.55. The number of anilines is 1. The Bertz CT molecular complexity index is 514. The van der Waals surface area contributed by atoms with E-state index in [-0.39, 0.29) is 0 Å². The van der Waals surface area contributed by atoms with Crippen LogP contribution < -0.4 is 4.90 Å². The number of benzene rings is 1.